The van der Waals surface area contributed by atoms with Crippen molar-refractivity contribution in [2.24, 2.45) is 0 Å². The Morgan fingerprint density at radius 1 is 0.842 bits per heavy atom. The molecule has 0 amide bonds. The Balaban J connectivity index is -0.000000206. The fourth-order valence-corrected chi connectivity index (χ4v) is 3.23. The van der Waals surface area contributed by atoms with Gasteiger partial charge in [0.1, 0.15) is 0 Å². The van der Waals surface area contributed by atoms with Gasteiger partial charge in [0.15, 0.2) is 12.3 Å². The molecule has 1 heterocycles. The van der Waals surface area contributed by atoms with E-state index in [0.29, 0.717) is 0 Å². The first-order chi connectivity index (χ1) is 18.3. The number of hydrogen-bond donors (Lipinski definition) is 2. The van der Waals surface area contributed by atoms with Crippen LogP contribution in [-0.4, -0.2) is 73.0 Å². The molecule has 0 atom stereocenters. The fourth-order valence-electron chi connectivity index (χ4n) is 3.10. The molecule has 230 valence electrons. The Morgan fingerprint density at radius 3 is 1.68 bits per heavy atom. The van der Waals surface area contributed by atoms with Gasteiger partial charge in [-0.1, -0.05) is 74.3 Å². The number of anilines is 2. The molecule has 1 aromatic rings. The summed E-state index contributed by atoms with van der Waals surface area (Å²) in [4.78, 5) is 4.66. The monoisotopic (exact) mass is 561 g/mol. The number of nitrogens with zero attached hydrogens (tertiary/aromatic N) is 2. The number of nitrogens with one attached hydrogen (secondary N) is 2. The van der Waals surface area contributed by atoms with Gasteiger partial charge in [0.25, 0.3) is 0 Å². The predicted octanol–water partition coefficient (Wildman–Crippen LogP) is 8.53. The molecule has 0 saturated carbocycles. The zero-order valence-corrected chi connectivity index (χ0v) is 28.7. The molecular weight excluding hydrogens is 492 g/mol. The number of fused-ring (bicyclic) bond motifs is 1. The number of benzene rings is 1. The third-order valence-electron chi connectivity index (χ3n) is 4.52. The summed E-state index contributed by atoms with van der Waals surface area (Å²) in [5.41, 5.74) is 4.14. The highest BCUT2D eigenvalue weighted by Gasteiger charge is 2.17. The summed E-state index contributed by atoms with van der Waals surface area (Å²) >= 11 is 0.963. The van der Waals surface area contributed by atoms with Crippen molar-refractivity contribution >= 4 is 23.7 Å². The van der Waals surface area contributed by atoms with E-state index in [9.17, 15) is 0 Å². The standard InChI is InChI=1S/C12H18N2.C6H15N.C5H13N.2C3H8.C2H6O2S/c1-3-7-14-8-6-10-4-5-11(13-2)9-12(10)14;1-3-5-7-6-4-2;1-4-5-6(2)3;2*1-3-2;1-3-5-4-2/h4-5,9,13H,3,6-8H2,1-2H3;7H,3-6H2,1-2H3;4-5H2,1-3H3;2*3H2,1-2H3;1-2H3. The molecule has 0 radical (unpaired) electrons. The van der Waals surface area contributed by atoms with Gasteiger partial charge in [-0.25, -0.2) is 0 Å². The largest absolute Gasteiger partial charge is 0.388 e. The Bertz CT molecular complexity index is 539. The number of rotatable bonds is 11. The number of hydrogen-bond acceptors (Lipinski definition) is 7. The lowest BCUT2D eigenvalue weighted by Crippen LogP contribution is -2.20. The molecule has 2 N–H and O–H groups in total. The molecule has 0 spiro atoms. The van der Waals surface area contributed by atoms with Crippen LogP contribution in [0.3, 0.4) is 0 Å². The van der Waals surface area contributed by atoms with Crippen molar-refractivity contribution in [1.29, 1.82) is 0 Å². The molecule has 1 aliphatic heterocycles. The maximum absolute atomic E-state index is 4.39. The van der Waals surface area contributed by atoms with Crippen molar-refractivity contribution < 1.29 is 8.37 Å². The van der Waals surface area contributed by atoms with Gasteiger partial charge in [0.05, 0.1) is 14.2 Å². The van der Waals surface area contributed by atoms with E-state index in [2.05, 4.69) is 116 Å². The predicted molar refractivity (Wildman–Crippen MR) is 178 cm³/mol. The van der Waals surface area contributed by atoms with E-state index in [4.69, 9.17) is 0 Å². The van der Waals surface area contributed by atoms with Crippen LogP contribution in [0.5, 0.6) is 0 Å². The van der Waals surface area contributed by atoms with E-state index in [1.54, 1.807) is 14.2 Å². The SMILES string of the molecule is CCC.CCC.CCCN(C)C.CCCN1CCc2ccc(NC)cc21.CCCNCCC.COSOC. The van der Waals surface area contributed by atoms with E-state index in [1.807, 2.05) is 7.05 Å². The highest BCUT2D eigenvalue weighted by atomic mass is 32.2. The lowest BCUT2D eigenvalue weighted by atomic mass is 10.1. The summed E-state index contributed by atoms with van der Waals surface area (Å²) in [6.45, 7) is 23.2. The summed E-state index contributed by atoms with van der Waals surface area (Å²) in [6, 6.07) is 6.67. The molecule has 0 aliphatic carbocycles. The zero-order chi connectivity index (χ0) is 30.0. The average Bonchev–Trinajstić information content (AvgIpc) is 3.29. The Hall–Kier alpha value is -0.990. The minimum atomic E-state index is 0.963. The molecule has 0 fully saturated rings. The Labute approximate surface area is 244 Å². The summed E-state index contributed by atoms with van der Waals surface area (Å²) in [5.74, 6) is 0. The molecule has 38 heavy (non-hydrogen) atoms. The molecule has 1 aliphatic rings. The maximum Gasteiger partial charge on any atom is 0.158 e. The average molecular weight is 561 g/mol. The zero-order valence-electron chi connectivity index (χ0n) is 27.8. The second-order valence-corrected chi connectivity index (χ2v) is 10.0. The normalized spacial score (nSPS) is 10.6. The highest BCUT2D eigenvalue weighted by Crippen LogP contribution is 2.30. The third kappa shape index (κ3) is 33.0. The van der Waals surface area contributed by atoms with Gasteiger partial charge in [-0.05, 0) is 83.5 Å². The van der Waals surface area contributed by atoms with Gasteiger partial charge >= 0.3 is 0 Å². The Morgan fingerprint density at radius 2 is 1.37 bits per heavy atom. The minimum Gasteiger partial charge on any atom is -0.388 e. The molecule has 6 nitrogen and oxygen atoms in total. The minimum absolute atomic E-state index is 0.963. The van der Waals surface area contributed by atoms with E-state index in [0.717, 1.165) is 12.3 Å². The first-order valence-corrected chi connectivity index (χ1v) is 15.6. The molecule has 0 saturated heterocycles. The molecule has 0 bridgehead atoms. The van der Waals surface area contributed by atoms with Crippen LogP contribution in [0.1, 0.15) is 99.5 Å². The molecule has 2 rings (SSSR count). The summed E-state index contributed by atoms with van der Waals surface area (Å²) in [7, 11) is 9.25. The fraction of sp³-hybridized carbons (Fsp3) is 0.806. The summed E-state index contributed by atoms with van der Waals surface area (Å²) in [6.07, 6.45) is 8.69. The molecule has 1 aromatic carbocycles. The second-order valence-electron chi connectivity index (χ2n) is 9.20. The smallest absolute Gasteiger partial charge is 0.158 e. The lowest BCUT2D eigenvalue weighted by Gasteiger charge is -2.18. The van der Waals surface area contributed by atoms with Crippen LogP contribution >= 0.6 is 12.3 Å². The first-order valence-electron chi connectivity index (χ1n) is 14.9. The Kier molecular flexibility index (Phi) is 44.2. The van der Waals surface area contributed by atoms with Crippen molar-refractivity contribution in [2.45, 2.75) is 100 Å². The van der Waals surface area contributed by atoms with Gasteiger partial charge < -0.3 is 20.4 Å². The quantitative estimate of drug-likeness (QED) is 0.208. The van der Waals surface area contributed by atoms with Crippen molar-refractivity contribution in [3.63, 3.8) is 0 Å². The van der Waals surface area contributed by atoms with Crippen LogP contribution in [-0.2, 0) is 14.8 Å². The third-order valence-corrected chi connectivity index (χ3v) is 4.79. The van der Waals surface area contributed by atoms with Crippen molar-refractivity contribution in [2.75, 3.05) is 78.3 Å². The van der Waals surface area contributed by atoms with E-state index in [-0.39, 0.29) is 0 Å². The first kappa shape index (κ1) is 44.0. The van der Waals surface area contributed by atoms with Crippen LogP contribution in [0, 0.1) is 0 Å². The van der Waals surface area contributed by atoms with Gasteiger partial charge in [-0.15, -0.1) is 0 Å². The van der Waals surface area contributed by atoms with E-state index < -0.39 is 0 Å². The van der Waals surface area contributed by atoms with Crippen molar-refractivity contribution in [3.8, 4) is 0 Å². The highest BCUT2D eigenvalue weighted by molar-refractivity contribution is 7.89. The van der Waals surface area contributed by atoms with Gasteiger partial charge in [-0.3, -0.25) is 8.37 Å². The van der Waals surface area contributed by atoms with Gasteiger partial charge in [0, 0.05) is 31.5 Å². The van der Waals surface area contributed by atoms with Crippen LogP contribution in [0.15, 0.2) is 18.2 Å². The lowest BCUT2D eigenvalue weighted by molar-refractivity contribution is 0.386. The van der Waals surface area contributed by atoms with Gasteiger partial charge in [-0.2, -0.15) is 0 Å². The van der Waals surface area contributed by atoms with Gasteiger partial charge in [0.2, 0.25) is 0 Å². The van der Waals surface area contributed by atoms with Crippen LogP contribution in [0.2, 0.25) is 0 Å². The molecule has 0 unspecified atom stereocenters. The topological polar surface area (TPSA) is 49.0 Å². The molecule has 0 aromatic heterocycles. The maximum atomic E-state index is 4.39. The van der Waals surface area contributed by atoms with Crippen molar-refractivity contribution in [3.05, 3.63) is 23.8 Å². The molecular formula is C31H68N4O2S. The summed E-state index contributed by atoms with van der Waals surface area (Å²) in [5, 5.41) is 6.48. The van der Waals surface area contributed by atoms with Crippen LogP contribution < -0.4 is 15.5 Å². The van der Waals surface area contributed by atoms with Crippen LogP contribution in [0.4, 0.5) is 11.4 Å². The van der Waals surface area contributed by atoms with E-state index >= 15 is 0 Å². The van der Waals surface area contributed by atoms with Crippen molar-refractivity contribution in [1.82, 2.24) is 10.2 Å². The van der Waals surface area contributed by atoms with E-state index in [1.165, 1.54) is 94.6 Å². The van der Waals surface area contributed by atoms with Crippen LogP contribution in [0.25, 0.3) is 0 Å². The summed E-state index contributed by atoms with van der Waals surface area (Å²) < 4.78 is 8.77. The molecule has 7 heteroatoms. The second kappa shape index (κ2) is 38.2.